The highest BCUT2D eigenvalue weighted by Gasteiger charge is 2.23. The molecule has 7 heteroatoms. The summed E-state index contributed by atoms with van der Waals surface area (Å²) in [6.45, 7) is 1.91. The van der Waals surface area contributed by atoms with Crippen molar-refractivity contribution < 1.29 is 14.3 Å². The molecule has 1 aromatic carbocycles. The van der Waals surface area contributed by atoms with Crippen molar-refractivity contribution in [3.05, 3.63) is 29.8 Å². The van der Waals surface area contributed by atoms with Gasteiger partial charge < -0.3 is 20.5 Å². The lowest BCUT2D eigenvalue weighted by Gasteiger charge is -2.25. The van der Waals surface area contributed by atoms with Gasteiger partial charge in [-0.15, -0.1) is 12.4 Å². The topological polar surface area (TPSA) is 73.6 Å². The molecule has 0 spiro atoms. The summed E-state index contributed by atoms with van der Waals surface area (Å²) < 4.78 is 10.7. The predicted molar refractivity (Wildman–Crippen MR) is 98.6 cm³/mol. The Morgan fingerprint density at radius 2 is 1.91 bits per heavy atom. The number of hydrogen-bond donors (Lipinski definition) is 2. The Kier molecular flexibility index (Phi) is 11.1. The van der Waals surface area contributed by atoms with E-state index >= 15 is 0 Å². The summed E-state index contributed by atoms with van der Waals surface area (Å²) in [7, 11) is 3.26. The van der Waals surface area contributed by atoms with Gasteiger partial charge in [0, 0.05) is 7.11 Å². The van der Waals surface area contributed by atoms with Crippen LogP contribution in [0, 0.1) is 0 Å². The molecule has 23 heavy (non-hydrogen) atoms. The minimum atomic E-state index is -0.483. The molecule has 0 radical (unpaired) electrons. The standard InChI is InChI=1S/C16H26N2O3S.ClH/c1-11(18-16(19)14(17)9-10-22-4)15(21-3)12-5-7-13(20-2)8-6-12;/h5-8,11,14-15H,9-10,17H2,1-4H3,(H,18,19);1H. The highest BCUT2D eigenvalue weighted by Crippen LogP contribution is 2.23. The number of amides is 1. The Morgan fingerprint density at radius 1 is 1.30 bits per heavy atom. The van der Waals surface area contributed by atoms with Gasteiger partial charge in [0.15, 0.2) is 0 Å². The Balaban J connectivity index is 0.00000484. The number of nitrogens with two attached hydrogens (primary N) is 1. The second kappa shape index (κ2) is 11.6. The summed E-state index contributed by atoms with van der Waals surface area (Å²) in [5.41, 5.74) is 6.87. The van der Waals surface area contributed by atoms with E-state index in [-0.39, 0.29) is 30.5 Å². The maximum atomic E-state index is 12.1. The largest absolute Gasteiger partial charge is 0.497 e. The van der Waals surface area contributed by atoms with Crippen molar-refractivity contribution in [1.82, 2.24) is 5.32 Å². The van der Waals surface area contributed by atoms with Crippen molar-refractivity contribution in [2.45, 2.75) is 31.5 Å². The Bertz CT molecular complexity index is 459. The molecule has 0 heterocycles. The summed E-state index contributed by atoms with van der Waals surface area (Å²) in [6.07, 6.45) is 2.43. The molecule has 0 aliphatic heterocycles. The molecule has 132 valence electrons. The van der Waals surface area contributed by atoms with Gasteiger partial charge in [0.25, 0.3) is 0 Å². The molecule has 0 fully saturated rings. The first-order chi connectivity index (χ1) is 10.5. The van der Waals surface area contributed by atoms with Gasteiger partial charge in [-0.2, -0.15) is 11.8 Å². The van der Waals surface area contributed by atoms with Crippen LogP contribution in [-0.4, -0.2) is 44.2 Å². The fourth-order valence-electron chi connectivity index (χ4n) is 2.21. The van der Waals surface area contributed by atoms with Gasteiger partial charge in [-0.3, -0.25) is 4.79 Å². The third kappa shape index (κ3) is 6.99. The van der Waals surface area contributed by atoms with E-state index < -0.39 is 6.04 Å². The van der Waals surface area contributed by atoms with Crippen molar-refractivity contribution in [3.8, 4) is 5.75 Å². The molecule has 3 unspecified atom stereocenters. The molecule has 5 nitrogen and oxygen atoms in total. The number of carbonyl (C=O) groups is 1. The fraction of sp³-hybridized carbons (Fsp3) is 0.562. The summed E-state index contributed by atoms with van der Waals surface area (Å²) in [4.78, 5) is 12.1. The number of hydrogen-bond acceptors (Lipinski definition) is 5. The zero-order valence-corrected chi connectivity index (χ0v) is 15.7. The average molecular weight is 363 g/mol. The molecule has 0 aromatic heterocycles. The molecule has 3 N–H and O–H groups in total. The second-order valence-electron chi connectivity index (χ2n) is 5.11. The zero-order chi connectivity index (χ0) is 16.5. The summed E-state index contributed by atoms with van der Waals surface area (Å²) in [5.74, 6) is 1.52. The predicted octanol–water partition coefficient (Wildman–Crippen LogP) is 2.39. The Morgan fingerprint density at radius 3 is 2.39 bits per heavy atom. The minimum Gasteiger partial charge on any atom is -0.497 e. The van der Waals surface area contributed by atoms with Crippen LogP contribution in [0.2, 0.25) is 0 Å². The summed E-state index contributed by atoms with van der Waals surface area (Å²) >= 11 is 1.68. The SMILES string of the molecule is COc1ccc(C(OC)C(C)NC(=O)C(N)CCSC)cc1.Cl. The van der Waals surface area contributed by atoms with Crippen molar-refractivity contribution in [2.75, 3.05) is 26.2 Å². The summed E-state index contributed by atoms with van der Waals surface area (Å²) in [6, 6.07) is 6.96. The van der Waals surface area contributed by atoms with Gasteiger partial charge in [0.1, 0.15) is 11.9 Å². The maximum Gasteiger partial charge on any atom is 0.237 e. The van der Waals surface area contributed by atoms with E-state index in [1.165, 1.54) is 0 Å². The number of carbonyl (C=O) groups excluding carboxylic acids is 1. The molecule has 1 aromatic rings. The first-order valence-corrected chi connectivity index (χ1v) is 8.64. The lowest BCUT2D eigenvalue weighted by atomic mass is 10.0. The molecule has 0 bridgehead atoms. The van der Waals surface area contributed by atoms with Crippen LogP contribution >= 0.6 is 24.2 Å². The van der Waals surface area contributed by atoms with Gasteiger partial charge in [0.2, 0.25) is 5.91 Å². The van der Waals surface area contributed by atoms with E-state index in [1.54, 1.807) is 26.0 Å². The monoisotopic (exact) mass is 362 g/mol. The van der Waals surface area contributed by atoms with Crippen LogP contribution in [0.1, 0.15) is 25.0 Å². The van der Waals surface area contributed by atoms with Gasteiger partial charge in [-0.05, 0) is 43.0 Å². The van der Waals surface area contributed by atoms with Crippen molar-refractivity contribution in [3.63, 3.8) is 0 Å². The van der Waals surface area contributed by atoms with Crippen LogP contribution in [0.3, 0.4) is 0 Å². The molecule has 0 aliphatic carbocycles. The number of ether oxygens (including phenoxy) is 2. The lowest BCUT2D eigenvalue weighted by molar-refractivity contribution is -0.124. The Hall–Kier alpha value is -0.950. The van der Waals surface area contributed by atoms with Gasteiger partial charge in [-0.25, -0.2) is 0 Å². The third-order valence-electron chi connectivity index (χ3n) is 3.49. The van der Waals surface area contributed by atoms with E-state index in [0.29, 0.717) is 6.42 Å². The molecule has 0 aliphatic rings. The fourth-order valence-corrected chi connectivity index (χ4v) is 2.70. The van der Waals surface area contributed by atoms with Crippen LogP contribution in [0.5, 0.6) is 5.75 Å². The molecule has 1 amide bonds. The van der Waals surface area contributed by atoms with Gasteiger partial charge >= 0.3 is 0 Å². The first-order valence-electron chi connectivity index (χ1n) is 7.25. The molecule has 0 saturated heterocycles. The minimum absolute atomic E-state index is 0. The van der Waals surface area contributed by atoms with Crippen molar-refractivity contribution >= 4 is 30.1 Å². The Labute approximate surface area is 149 Å². The zero-order valence-electron chi connectivity index (χ0n) is 14.1. The highest BCUT2D eigenvalue weighted by molar-refractivity contribution is 7.98. The lowest BCUT2D eigenvalue weighted by Crippen LogP contribution is -2.46. The van der Waals surface area contributed by atoms with E-state index in [0.717, 1.165) is 17.1 Å². The van der Waals surface area contributed by atoms with E-state index in [1.807, 2.05) is 37.4 Å². The van der Waals surface area contributed by atoms with E-state index in [9.17, 15) is 4.79 Å². The van der Waals surface area contributed by atoms with Crippen LogP contribution < -0.4 is 15.8 Å². The average Bonchev–Trinajstić information content (AvgIpc) is 2.53. The molecule has 3 atom stereocenters. The van der Waals surface area contributed by atoms with Crippen LogP contribution in [-0.2, 0) is 9.53 Å². The number of thioether (sulfide) groups is 1. The second-order valence-corrected chi connectivity index (χ2v) is 6.10. The van der Waals surface area contributed by atoms with Crippen LogP contribution in [0.15, 0.2) is 24.3 Å². The van der Waals surface area contributed by atoms with E-state index in [2.05, 4.69) is 5.32 Å². The number of nitrogens with one attached hydrogen (secondary N) is 1. The van der Waals surface area contributed by atoms with Crippen molar-refractivity contribution in [2.24, 2.45) is 5.73 Å². The molecule has 1 rings (SSSR count). The highest BCUT2D eigenvalue weighted by atomic mass is 35.5. The third-order valence-corrected chi connectivity index (χ3v) is 4.14. The number of rotatable bonds is 9. The van der Waals surface area contributed by atoms with Gasteiger partial charge in [0.05, 0.1) is 19.2 Å². The molecular formula is C16H27ClN2O3S. The number of halogens is 1. The quantitative estimate of drug-likeness (QED) is 0.705. The summed E-state index contributed by atoms with van der Waals surface area (Å²) in [5, 5.41) is 2.94. The first kappa shape index (κ1) is 22.1. The molecule has 0 saturated carbocycles. The van der Waals surface area contributed by atoms with E-state index in [4.69, 9.17) is 15.2 Å². The van der Waals surface area contributed by atoms with Crippen molar-refractivity contribution in [1.29, 1.82) is 0 Å². The maximum absolute atomic E-state index is 12.1. The smallest absolute Gasteiger partial charge is 0.237 e. The van der Waals surface area contributed by atoms with Crippen LogP contribution in [0.4, 0.5) is 0 Å². The number of methoxy groups -OCH3 is 2. The number of benzene rings is 1. The normalized spacial score (nSPS) is 14.3. The van der Waals surface area contributed by atoms with Crippen LogP contribution in [0.25, 0.3) is 0 Å². The molecular weight excluding hydrogens is 336 g/mol. The van der Waals surface area contributed by atoms with Gasteiger partial charge in [-0.1, -0.05) is 12.1 Å².